The molecule has 1 atom stereocenters. The van der Waals surface area contributed by atoms with E-state index in [1.54, 1.807) is 7.05 Å². The zero-order chi connectivity index (χ0) is 21.3. The number of nitrogens with one attached hydrogen (secondary N) is 2. The summed E-state index contributed by atoms with van der Waals surface area (Å²) in [5, 5.41) is 4.07. The number of hydrogen-bond donors (Lipinski definition) is 2. The second kappa shape index (κ2) is 8.34. The van der Waals surface area contributed by atoms with E-state index in [1.807, 2.05) is 42.5 Å². The van der Waals surface area contributed by atoms with E-state index in [-0.39, 0.29) is 18.4 Å². The first kappa shape index (κ1) is 20.2. The Hall–Kier alpha value is -3.08. The monoisotopic (exact) mass is 403 g/mol. The number of para-hydroxylation sites is 1. The summed E-state index contributed by atoms with van der Waals surface area (Å²) in [4.78, 5) is 30.5. The lowest BCUT2D eigenvalue weighted by atomic mass is 9.87. The molecule has 0 bridgehead atoms. The summed E-state index contributed by atoms with van der Waals surface area (Å²) in [6.45, 7) is 4.34. The van der Waals surface area contributed by atoms with Gasteiger partial charge in [0.1, 0.15) is 0 Å². The fraction of sp³-hybridized carbons (Fsp3) is 0.360. The van der Waals surface area contributed by atoms with E-state index >= 15 is 0 Å². The molecular weight excluding hydrogens is 374 g/mol. The number of hydrogen-bond acceptors (Lipinski definition) is 2. The minimum atomic E-state index is -0.194. The molecule has 1 aliphatic carbocycles. The molecule has 1 aromatic heterocycles. The molecule has 0 aliphatic heterocycles. The SMILES string of the molecule is CCc1ccccc1NC(=O)CN(C)C(=O)c1ccc2[nH]c3c(c2c1)C[C@@H](C)CC3. The van der Waals surface area contributed by atoms with Gasteiger partial charge in [0.15, 0.2) is 0 Å². The lowest BCUT2D eigenvalue weighted by molar-refractivity contribution is -0.116. The minimum absolute atomic E-state index is 0.0111. The highest BCUT2D eigenvalue weighted by Gasteiger charge is 2.22. The van der Waals surface area contributed by atoms with Gasteiger partial charge in [0, 0.05) is 34.9 Å². The molecule has 3 aromatic rings. The van der Waals surface area contributed by atoms with Crippen molar-refractivity contribution in [1.29, 1.82) is 0 Å². The highest BCUT2D eigenvalue weighted by atomic mass is 16.2. The average Bonchev–Trinajstić information content (AvgIpc) is 3.10. The summed E-state index contributed by atoms with van der Waals surface area (Å²) >= 11 is 0. The molecule has 2 amide bonds. The van der Waals surface area contributed by atoms with Crippen LogP contribution in [0.4, 0.5) is 5.69 Å². The molecule has 0 fully saturated rings. The quantitative estimate of drug-likeness (QED) is 0.656. The van der Waals surface area contributed by atoms with E-state index in [9.17, 15) is 9.59 Å². The van der Waals surface area contributed by atoms with Crippen LogP contribution in [0.1, 0.15) is 47.4 Å². The van der Waals surface area contributed by atoms with Crippen LogP contribution in [0.15, 0.2) is 42.5 Å². The first-order valence-corrected chi connectivity index (χ1v) is 10.7. The van der Waals surface area contributed by atoms with Gasteiger partial charge < -0.3 is 15.2 Å². The van der Waals surface area contributed by atoms with Gasteiger partial charge in [-0.1, -0.05) is 32.0 Å². The van der Waals surface area contributed by atoms with E-state index in [4.69, 9.17) is 0 Å². The Labute approximate surface area is 177 Å². The molecule has 0 unspecified atom stereocenters. The van der Waals surface area contributed by atoms with Crippen molar-refractivity contribution in [3.63, 3.8) is 0 Å². The number of likely N-dealkylation sites (N-methyl/N-ethyl adjacent to an activating group) is 1. The number of nitrogens with zero attached hydrogens (tertiary/aromatic N) is 1. The number of carbonyl (C=O) groups excluding carboxylic acids is 2. The molecule has 0 spiro atoms. The highest BCUT2D eigenvalue weighted by Crippen LogP contribution is 2.32. The predicted octanol–water partition coefficient (Wildman–Crippen LogP) is 4.57. The Morgan fingerprint density at radius 3 is 2.80 bits per heavy atom. The Bertz CT molecular complexity index is 1100. The summed E-state index contributed by atoms with van der Waals surface area (Å²) in [6, 6.07) is 13.6. The van der Waals surface area contributed by atoms with Gasteiger partial charge in [0.25, 0.3) is 5.91 Å². The van der Waals surface area contributed by atoms with Gasteiger partial charge in [0.05, 0.1) is 6.54 Å². The maximum absolute atomic E-state index is 13.0. The molecular formula is C25H29N3O2. The number of amides is 2. The Morgan fingerprint density at radius 1 is 1.20 bits per heavy atom. The number of rotatable bonds is 5. The molecule has 30 heavy (non-hydrogen) atoms. The van der Waals surface area contributed by atoms with E-state index in [0.717, 1.165) is 41.4 Å². The lowest BCUT2D eigenvalue weighted by Crippen LogP contribution is -2.35. The van der Waals surface area contributed by atoms with Crippen molar-refractivity contribution in [3.05, 3.63) is 64.8 Å². The Kier molecular flexibility index (Phi) is 5.62. The zero-order valence-corrected chi connectivity index (χ0v) is 17.9. The molecule has 0 saturated heterocycles. The van der Waals surface area contributed by atoms with Crippen molar-refractivity contribution in [1.82, 2.24) is 9.88 Å². The van der Waals surface area contributed by atoms with Crippen molar-refractivity contribution in [2.24, 2.45) is 5.92 Å². The second-order valence-electron chi connectivity index (χ2n) is 8.41. The topological polar surface area (TPSA) is 65.2 Å². The van der Waals surface area contributed by atoms with Crippen LogP contribution in [0.5, 0.6) is 0 Å². The first-order chi connectivity index (χ1) is 14.5. The van der Waals surface area contributed by atoms with Gasteiger partial charge in [0.2, 0.25) is 5.91 Å². The molecule has 0 saturated carbocycles. The Morgan fingerprint density at radius 2 is 2.00 bits per heavy atom. The summed E-state index contributed by atoms with van der Waals surface area (Å²) in [5.41, 5.74) is 6.23. The third-order valence-electron chi connectivity index (χ3n) is 6.08. The summed E-state index contributed by atoms with van der Waals surface area (Å²) in [7, 11) is 1.67. The van der Waals surface area contributed by atoms with Gasteiger partial charge in [-0.3, -0.25) is 9.59 Å². The second-order valence-corrected chi connectivity index (χ2v) is 8.41. The van der Waals surface area contributed by atoms with E-state index in [2.05, 4.69) is 24.1 Å². The van der Waals surface area contributed by atoms with Gasteiger partial charge in [-0.15, -0.1) is 0 Å². The fourth-order valence-electron chi connectivity index (χ4n) is 4.37. The number of fused-ring (bicyclic) bond motifs is 3. The molecule has 5 nitrogen and oxygen atoms in total. The van der Waals surface area contributed by atoms with Crippen LogP contribution in [0.25, 0.3) is 10.9 Å². The van der Waals surface area contributed by atoms with Gasteiger partial charge in [-0.25, -0.2) is 0 Å². The average molecular weight is 404 g/mol. The van der Waals surface area contributed by atoms with Gasteiger partial charge >= 0.3 is 0 Å². The van der Waals surface area contributed by atoms with Crippen molar-refractivity contribution < 1.29 is 9.59 Å². The number of H-pyrrole nitrogens is 1. The lowest BCUT2D eigenvalue weighted by Gasteiger charge is -2.19. The highest BCUT2D eigenvalue weighted by molar-refractivity contribution is 6.02. The molecule has 5 heteroatoms. The summed E-state index contributed by atoms with van der Waals surface area (Å²) < 4.78 is 0. The van der Waals surface area contributed by atoms with Crippen LogP contribution < -0.4 is 5.32 Å². The van der Waals surface area contributed by atoms with E-state index < -0.39 is 0 Å². The first-order valence-electron chi connectivity index (χ1n) is 10.7. The molecule has 156 valence electrons. The molecule has 0 radical (unpaired) electrons. The number of anilines is 1. The number of benzene rings is 2. The predicted molar refractivity (Wildman–Crippen MR) is 121 cm³/mol. The normalized spacial score (nSPS) is 15.6. The number of aromatic nitrogens is 1. The third kappa shape index (κ3) is 3.97. The van der Waals surface area contributed by atoms with Gasteiger partial charge in [-0.05, 0) is 67.0 Å². The maximum atomic E-state index is 13.0. The van der Waals surface area contributed by atoms with E-state index in [0.29, 0.717) is 11.5 Å². The summed E-state index contributed by atoms with van der Waals surface area (Å²) in [6.07, 6.45) is 4.14. The number of aromatic amines is 1. The van der Waals surface area contributed by atoms with Crippen LogP contribution in [0.3, 0.4) is 0 Å². The largest absolute Gasteiger partial charge is 0.358 e. The van der Waals surface area contributed by atoms with Crippen LogP contribution in [0.2, 0.25) is 0 Å². The van der Waals surface area contributed by atoms with Crippen molar-refractivity contribution in [2.45, 2.75) is 39.5 Å². The Balaban J connectivity index is 1.49. The molecule has 2 N–H and O–H groups in total. The van der Waals surface area contributed by atoms with Crippen LogP contribution in [-0.2, 0) is 24.1 Å². The molecule has 4 rings (SSSR count). The fourth-order valence-corrected chi connectivity index (χ4v) is 4.37. The van der Waals surface area contributed by atoms with Gasteiger partial charge in [-0.2, -0.15) is 0 Å². The van der Waals surface area contributed by atoms with Crippen LogP contribution in [0, 0.1) is 5.92 Å². The van der Waals surface area contributed by atoms with Crippen LogP contribution >= 0.6 is 0 Å². The smallest absolute Gasteiger partial charge is 0.254 e. The van der Waals surface area contributed by atoms with Crippen molar-refractivity contribution >= 4 is 28.4 Å². The zero-order valence-electron chi connectivity index (χ0n) is 17.9. The summed E-state index contributed by atoms with van der Waals surface area (Å²) in [5.74, 6) is 0.323. The number of aryl methyl sites for hydroxylation is 2. The van der Waals surface area contributed by atoms with Crippen molar-refractivity contribution in [3.8, 4) is 0 Å². The van der Waals surface area contributed by atoms with E-state index in [1.165, 1.54) is 22.6 Å². The molecule has 2 aromatic carbocycles. The molecule has 1 heterocycles. The minimum Gasteiger partial charge on any atom is -0.358 e. The maximum Gasteiger partial charge on any atom is 0.254 e. The van der Waals surface area contributed by atoms with Crippen molar-refractivity contribution in [2.75, 3.05) is 18.9 Å². The third-order valence-corrected chi connectivity index (χ3v) is 6.08. The van der Waals surface area contributed by atoms with Crippen LogP contribution in [-0.4, -0.2) is 35.3 Å². The standard InChI is InChI=1S/C25H29N3O2/c1-4-17-7-5-6-8-21(17)27-24(29)15-28(3)25(30)18-10-12-23-20(14-18)19-13-16(2)9-11-22(19)26-23/h5-8,10,12,14,16,26H,4,9,11,13,15H2,1-3H3,(H,27,29)/t16-/m0/s1. The molecule has 1 aliphatic rings. The number of carbonyl (C=O) groups is 2.